The first kappa shape index (κ1) is 24.2. The molecule has 0 bridgehead atoms. The topological polar surface area (TPSA) is 83.3 Å². The van der Waals surface area contributed by atoms with Gasteiger partial charge in [-0.3, -0.25) is 14.7 Å². The summed E-state index contributed by atoms with van der Waals surface area (Å²) in [7, 11) is 0. The van der Waals surface area contributed by atoms with Crippen molar-refractivity contribution in [1.82, 2.24) is 25.7 Å². The minimum Gasteiger partial charge on any atom is -0.355 e. The lowest BCUT2D eigenvalue weighted by atomic mass is 10.2. The van der Waals surface area contributed by atoms with Gasteiger partial charge in [0, 0.05) is 56.7 Å². The molecule has 156 valence electrons. The van der Waals surface area contributed by atoms with Crippen LogP contribution in [0.3, 0.4) is 0 Å². The van der Waals surface area contributed by atoms with Crippen LogP contribution in [0.15, 0.2) is 35.1 Å². The lowest BCUT2D eigenvalue weighted by Gasteiger charge is -2.35. The second-order valence-electron chi connectivity index (χ2n) is 5.87. The molecular weight excluding hydrogens is 422 g/mol. The Morgan fingerprint density at radius 1 is 1.32 bits per heavy atom. The van der Waals surface area contributed by atoms with E-state index in [0.29, 0.717) is 24.4 Å². The summed E-state index contributed by atoms with van der Waals surface area (Å²) in [5, 5.41) is 8.94. The summed E-state index contributed by atoms with van der Waals surface area (Å²) >= 11 is 0. The number of halogens is 5. The molecule has 1 aliphatic heterocycles. The molecule has 7 nitrogen and oxygen atoms in total. The molecule has 2 N–H and O–H groups in total. The van der Waals surface area contributed by atoms with Crippen molar-refractivity contribution >= 4 is 30.7 Å². The molecule has 0 radical (unpaired) electrons. The molecular formula is C16H20Cl2F3N5O2. The van der Waals surface area contributed by atoms with Gasteiger partial charge in [0.05, 0.1) is 0 Å². The Morgan fingerprint density at radius 2 is 2.04 bits per heavy atom. The molecule has 3 rings (SSSR count). The van der Waals surface area contributed by atoms with Crippen LogP contribution in [-0.2, 0) is 0 Å². The van der Waals surface area contributed by atoms with E-state index in [1.807, 2.05) is 0 Å². The van der Waals surface area contributed by atoms with Gasteiger partial charge in [0.1, 0.15) is 6.04 Å². The van der Waals surface area contributed by atoms with E-state index in [2.05, 4.69) is 20.8 Å². The van der Waals surface area contributed by atoms with Gasteiger partial charge in [0.15, 0.2) is 11.5 Å². The molecule has 1 unspecified atom stereocenters. The molecule has 28 heavy (non-hydrogen) atoms. The number of hydrogen-bond acceptors (Lipinski definition) is 6. The number of rotatable bonds is 5. The molecule has 1 fully saturated rings. The van der Waals surface area contributed by atoms with Gasteiger partial charge in [-0.2, -0.15) is 13.2 Å². The van der Waals surface area contributed by atoms with E-state index in [1.54, 1.807) is 18.3 Å². The third kappa shape index (κ3) is 6.06. The van der Waals surface area contributed by atoms with Gasteiger partial charge < -0.3 is 15.2 Å². The zero-order valence-electron chi connectivity index (χ0n) is 14.6. The fourth-order valence-electron chi connectivity index (χ4n) is 2.75. The zero-order valence-corrected chi connectivity index (χ0v) is 16.2. The highest BCUT2D eigenvalue weighted by Crippen LogP contribution is 2.25. The van der Waals surface area contributed by atoms with Crippen LogP contribution in [0, 0.1) is 0 Å². The molecule has 1 amide bonds. The van der Waals surface area contributed by atoms with Crippen LogP contribution in [0.5, 0.6) is 0 Å². The Hall–Kier alpha value is -1.88. The van der Waals surface area contributed by atoms with Crippen molar-refractivity contribution in [3.05, 3.63) is 36.3 Å². The molecule has 3 heterocycles. The zero-order chi connectivity index (χ0) is 18.6. The van der Waals surface area contributed by atoms with Crippen molar-refractivity contribution < 1.29 is 22.5 Å². The maximum absolute atomic E-state index is 13.3. The summed E-state index contributed by atoms with van der Waals surface area (Å²) in [5.74, 6) is -0.397. The van der Waals surface area contributed by atoms with E-state index in [-0.39, 0.29) is 43.6 Å². The van der Waals surface area contributed by atoms with E-state index < -0.39 is 24.7 Å². The Bertz CT molecular complexity index is 739. The van der Waals surface area contributed by atoms with Crippen molar-refractivity contribution in [1.29, 1.82) is 0 Å². The fraction of sp³-hybridized carbons (Fsp3) is 0.438. The SMILES string of the molecule is Cl.Cl.O=C(NCC(N1CCNCC1)C(F)(F)F)c1cc(-c2cccnc2)on1. The van der Waals surface area contributed by atoms with Gasteiger partial charge in [-0.15, -0.1) is 24.8 Å². The number of carbonyl (C=O) groups excluding carboxylic acids is 1. The average Bonchev–Trinajstić information content (AvgIpc) is 3.12. The van der Waals surface area contributed by atoms with Crippen molar-refractivity contribution in [2.45, 2.75) is 12.2 Å². The van der Waals surface area contributed by atoms with Crippen LogP contribution in [-0.4, -0.2) is 65.9 Å². The molecule has 0 aromatic carbocycles. The number of pyridine rings is 1. The molecule has 0 aliphatic carbocycles. The van der Waals surface area contributed by atoms with Gasteiger partial charge in [0.25, 0.3) is 5.91 Å². The Labute approximate surface area is 171 Å². The lowest BCUT2D eigenvalue weighted by molar-refractivity contribution is -0.183. The van der Waals surface area contributed by atoms with Gasteiger partial charge in [-0.25, -0.2) is 0 Å². The van der Waals surface area contributed by atoms with Crippen molar-refractivity contribution in [2.75, 3.05) is 32.7 Å². The molecule has 1 saturated heterocycles. The Kier molecular flexibility index (Phi) is 9.15. The number of alkyl halides is 3. The fourth-order valence-corrected chi connectivity index (χ4v) is 2.75. The maximum Gasteiger partial charge on any atom is 0.405 e. The van der Waals surface area contributed by atoms with E-state index in [0.717, 1.165) is 0 Å². The highest BCUT2D eigenvalue weighted by atomic mass is 35.5. The Morgan fingerprint density at radius 3 is 2.64 bits per heavy atom. The van der Waals surface area contributed by atoms with Crippen LogP contribution in [0.2, 0.25) is 0 Å². The van der Waals surface area contributed by atoms with Crippen molar-refractivity contribution in [2.24, 2.45) is 0 Å². The van der Waals surface area contributed by atoms with Crippen LogP contribution in [0.4, 0.5) is 13.2 Å². The summed E-state index contributed by atoms with van der Waals surface area (Å²) in [6.45, 7) is 0.971. The highest BCUT2D eigenvalue weighted by Gasteiger charge is 2.43. The number of carbonyl (C=O) groups is 1. The predicted octanol–water partition coefficient (Wildman–Crippen LogP) is 2.15. The van der Waals surface area contributed by atoms with Gasteiger partial charge in [-0.1, -0.05) is 5.16 Å². The Balaban J connectivity index is 0.00000196. The third-order valence-electron chi connectivity index (χ3n) is 4.12. The van der Waals surface area contributed by atoms with Crippen molar-refractivity contribution in [3.63, 3.8) is 0 Å². The first-order valence-electron chi connectivity index (χ1n) is 8.12. The predicted molar refractivity (Wildman–Crippen MR) is 101 cm³/mol. The standard InChI is InChI=1S/C16H18F3N5O2.2ClH/c17-16(18,19)14(24-6-4-20-5-7-24)10-22-15(25)12-8-13(26-23-12)11-2-1-3-21-9-11;;/h1-3,8-9,14,20H,4-7,10H2,(H,22,25);2*1H. The number of piperazine rings is 1. The normalized spacial score (nSPS) is 15.8. The number of hydrogen-bond donors (Lipinski definition) is 2. The number of aromatic nitrogens is 2. The number of nitrogens with zero attached hydrogens (tertiary/aromatic N) is 3. The minimum absolute atomic E-state index is 0. The first-order chi connectivity index (χ1) is 12.4. The molecule has 0 spiro atoms. The first-order valence-corrected chi connectivity index (χ1v) is 8.12. The molecule has 12 heteroatoms. The summed E-state index contributed by atoms with van der Waals surface area (Å²) in [6.07, 6.45) is -1.32. The molecule has 1 aliphatic rings. The molecule has 2 aromatic rings. The lowest BCUT2D eigenvalue weighted by Crippen LogP contribution is -2.57. The average molecular weight is 442 g/mol. The molecule has 2 aromatic heterocycles. The quantitative estimate of drug-likeness (QED) is 0.739. The van der Waals surface area contributed by atoms with E-state index in [4.69, 9.17) is 4.52 Å². The van der Waals surface area contributed by atoms with Gasteiger partial charge in [0.2, 0.25) is 0 Å². The smallest absolute Gasteiger partial charge is 0.355 e. The molecule has 0 saturated carbocycles. The summed E-state index contributed by atoms with van der Waals surface area (Å²) in [6, 6.07) is 3.05. The van der Waals surface area contributed by atoms with Gasteiger partial charge >= 0.3 is 6.18 Å². The van der Waals surface area contributed by atoms with Crippen LogP contribution >= 0.6 is 24.8 Å². The van der Waals surface area contributed by atoms with E-state index in [1.165, 1.54) is 17.2 Å². The second-order valence-corrected chi connectivity index (χ2v) is 5.87. The van der Waals surface area contributed by atoms with E-state index >= 15 is 0 Å². The molecule has 1 atom stereocenters. The van der Waals surface area contributed by atoms with E-state index in [9.17, 15) is 18.0 Å². The van der Waals surface area contributed by atoms with Crippen LogP contribution in [0.1, 0.15) is 10.5 Å². The van der Waals surface area contributed by atoms with Crippen LogP contribution in [0.25, 0.3) is 11.3 Å². The second kappa shape index (κ2) is 10.6. The minimum atomic E-state index is -4.44. The highest BCUT2D eigenvalue weighted by molar-refractivity contribution is 5.93. The number of nitrogens with one attached hydrogen (secondary N) is 2. The third-order valence-corrected chi connectivity index (χ3v) is 4.12. The number of amides is 1. The van der Waals surface area contributed by atoms with Crippen molar-refractivity contribution in [3.8, 4) is 11.3 Å². The maximum atomic E-state index is 13.3. The summed E-state index contributed by atoms with van der Waals surface area (Å²) in [4.78, 5) is 17.4. The van der Waals surface area contributed by atoms with Gasteiger partial charge in [-0.05, 0) is 12.1 Å². The summed E-state index contributed by atoms with van der Waals surface area (Å²) in [5.41, 5.74) is 0.540. The monoisotopic (exact) mass is 441 g/mol. The van der Waals surface area contributed by atoms with Crippen LogP contribution < -0.4 is 10.6 Å². The largest absolute Gasteiger partial charge is 0.405 e. The summed E-state index contributed by atoms with van der Waals surface area (Å²) < 4.78 is 45.1.